The Kier molecular flexibility index (Phi) is 15.2. The molecule has 0 aliphatic carbocycles. The molecule has 0 saturated carbocycles. The van der Waals surface area contributed by atoms with Gasteiger partial charge in [-0.3, -0.25) is 0 Å². The van der Waals surface area contributed by atoms with E-state index in [0.29, 0.717) is 17.9 Å². The molecule has 7 nitrogen and oxygen atoms in total. The molecule has 4 aliphatic rings. The van der Waals surface area contributed by atoms with E-state index in [0.717, 1.165) is 68.9 Å². The van der Waals surface area contributed by atoms with Gasteiger partial charge in [0.1, 0.15) is 0 Å². The van der Waals surface area contributed by atoms with Crippen LogP contribution < -0.4 is 10.4 Å². The maximum absolute atomic E-state index is 14.0. The Morgan fingerprint density at radius 1 is 0.778 bits per heavy atom. The highest BCUT2D eigenvalue weighted by Gasteiger charge is 2.51. The molecule has 0 aromatic heterocycles. The summed E-state index contributed by atoms with van der Waals surface area (Å²) in [5.74, 6) is 0.197. The van der Waals surface area contributed by atoms with Gasteiger partial charge in [0.05, 0.1) is 59.0 Å². The Morgan fingerprint density at radius 2 is 1.41 bits per heavy atom. The maximum Gasteiger partial charge on any atom is 0.261 e. The Labute approximate surface area is 381 Å². The lowest BCUT2D eigenvalue weighted by atomic mass is 9.82. The molecular formula is C54H76O7SSi. The number of rotatable bonds is 17. The molecule has 3 unspecified atom stereocenters. The van der Waals surface area contributed by atoms with Crippen molar-refractivity contribution in [3.63, 3.8) is 0 Å². The van der Waals surface area contributed by atoms with E-state index in [1.165, 1.54) is 15.9 Å². The molecule has 3 aromatic rings. The van der Waals surface area contributed by atoms with Crippen molar-refractivity contribution in [2.75, 3.05) is 12.4 Å². The summed E-state index contributed by atoms with van der Waals surface area (Å²) in [5.41, 5.74) is 3.15. The summed E-state index contributed by atoms with van der Waals surface area (Å²) in [4.78, 5) is 0.372. The summed E-state index contributed by atoms with van der Waals surface area (Å²) in [6, 6.07) is 28.9. The SMILES string of the molecule is C=C1C[C@H](CCCO[Si](c2ccccc2)(c2ccccc2)C(C)(C)C)OC1CC[C@H]1C[C@@H](C)C(=C)C(C[C@@H]2OC(C[C@H]3CCC(C)(C)O3)[C@H](C)[C@H]2CS(=O)(=O)c2ccc(C)cc2)O1. The Morgan fingerprint density at radius 3 is 2.02 bits per heavy atom. The molecule has 3 aromatic carbocycles. The first-order valence-corrected chi connectivity index (χ1v) is 27.5. The van der Waals surface area contributed by atoms with Crippen LogP contribution in [-0.2, 0) is 33.2 Å². The van der Waals surface area contributed by atoms with Crippen LogP contribution in [0.4, 0.5) is 0 Å². The van der Waals surface area contributed by atoms with Crippen LogP contribution in [0.3, 0.4) is 0 Å². The number of aryl methyl sites for hydroxylation is 1. The van der Waals surface area contributed by atoms with Gasteiger partial charge in [0.15, 0.2) is 9.84 Å². The van der Waals surface area contributed by atoms with Gasteiger partial charge in [-0.1, -0.05) is 126 Å². The summed E-state index contributed by atoms with van der Waals surface area (Å²) in [5, 5.41) is 2.55. The second-order valence-electron chi connectivity index (χ2n) is 21.1. The van der Waals surface area contributed by atoms with Gasteiger partial charge >= 0.3 is 0 Å². The third-order valence-electron chi connectivity index (χ3n) is 14.9. The lowest BCUT2D eigenvalue weighted by Crippen LogP contribution is -2.66. The van der Waals surface area contributed by atoms with Crippen LogP contribution in [0.25, 0.3) is 0 Å². The summed E-state index contributed by atoms with van der Waals surface area (Å²) in [7, 11) is -6.13. The fourth-order valence-electron chi connectivity index (χ4n) is 11.1. The molecule has 0 amide bonds. The first kappa shape index (κ1) is 48.1. The summed E-state index contributed by atoms with van der Waals surface area (Å²) in [6.45, 7) is 27.4. The second kappa shape index (κ2) is 19.9. The van der Waals surface area contributed by atoms with E-state index in [1.807, 2.05) is 19.1 Å². The predicted molar refractivity (Wildman–Crippen MR) is 258 cm³/mol. The molecule has 0 spiro atoms. The van der Waals surface area contributed by atoms with Crippen LogP contribution in [0.5, 0.6) is 0 Å². The van der Waals surface area contributed by atoms with Gasteiger partial charge in [-0.15, -0.1) is 0 Å². The van der Waals surface area contributed by atoms with Crippen molar-refractivity contribution >= 4 is 28.5 Å². The van der Waals surface area contributed by atoms with Crippen molar-refractivity contribution < 1.29 is 31.8 Å². The minimum absolute atomic E-state index is 0.00833. The van der Waals surface area contributed by atoms with Crippen LogP contribution in [0, 0.1) is 24.7 Å². The van der Waals surface area contributed by atoms with Gasteiger partial charge in [-0.2, -0.15) is 0 Å². The number of ether oxygens (including phenoxy) is 4. The van der Waals surface area contributed by atoms with Gasteiger partial charge in [0, 0.05) is 25.4 Å². The Bertz CT molecular complexity index is 2060. The zero-order chi connectivity index (χ0) is 45.2. The molecule has 4 fully saturated rings. The molecule has 0 N–H and O–H groups in total. The molecule has 0 radical (unpaired) electrons. The molecule has 0 bridgehead atoms. The highest BCUT2D eigenvalue weighted by Crippen LogP contribution is 2.44. The van der Waals surface area contributed by atoms with Crippen molar-refractivity contribution in [2.24, 2.45) is 17.8 Å². The fraction of sp³-hybridized carbons (Fsp3) is 0.593. The van der Waals surface area contributed by atoms with E-state index in [1.54, 1.807) is 12.1 Å². The van der Waals surface area contributed by atoms with Crippen LogP contribution in [0.1, 0.15) is 118 Å². The van der Waals surface area contributed by atoms with Crippen molar-refractivity contribution in [2.45, 2.75) is 178 Å². The predicted octanol–water partition coefficient (Wildman–Crippen LogP) is 10.7. The fourth-order valence-corrected chi connectivity index (χ4v) is 17.5. The highest BCUT2D eigenvalue weighted by molar-refractivity contribution is 7.91. The summed E-state index contributed by atoms with van der Waals surface area (Å²) < 4.78 is 62.0. The van der Waals surface area contributed by atoms with Crippen molar-refractivity contribution in [3.05, 3.63) is 115 Å². The zero-order valence-corrected chi connectivity index (χ0v) is 41.3. The molecule has 4 heterocycles. The van der Waals surface area contributed by atoms with Crippen LogP contribution in [0.2, 0.25) is 5.04 Å². The minimum Gasteiger partial charge on any atom is -0.407 e. The van der Waals surface area contributed by atoms with Gasteiger partial charge in [0.2, 0.25) is 0 Å². The lowest BCUT2D eigenvalue weighted by Gasteiger charge is -2.43. The van der Waals surface area contributed by atoms with E-state index in [2.05, 4.69) is 122 Å². The smallest absolute Gasteiger partial charge is 0.261 e. The normalized spacial score (nSPS) is 30.3. The van der Waals surface area contributed by atoms with Crippen LogP contribution >= 0.6 is 0 Å². The molecule has 9 heteroatoms. The lowest BCUT2D eigenvalue weighted by molar-refractivity contribution is -0.0810. The van der Waals surface area contributed by atoms with E-state index < -0.39 is 18.2 Å². The third-order valence-corrected chi connectivity index (χ3v) is 21.7. The maximum atomic E-state index is 14.0. The summed E-state index contributed by atoms with van der Waals surface area (Å²) >= 11 is 0. The first-order valence-electron chi connectivity index (χ1n) is 23.9. The number of sulfone groups is 1. The van der Waals surface area contributed by atoms with Crippen LogP contribution in [-0.4, -0.2) is 77.4 Å². The monoisotopic (exact) mass is 897 g/mol. The van der Waals surface area contributed by atoms with Crippen LogP contribution in [0.15, 0.2) is 114 Å². The average Bonchev–Trinajstić information content (AvgIpc) is 3.87. The minimum atomic E-state index is -3.54. The first-order chi connectivity index (χ1) is 29.8. The second-order valence-corrected chi connectivity index (χ2v) is 27.5. The molecule has 63 heavy (non-hydrogen) atoms. The van der Waals surface area contributed by atoms with Gasteiger partial charge in [0.25, 0.3) is 8.32 Å². The quantitative estimate of drug-likeness (QED) is 0.0758. The highest BCUT2D eigenvalue weighted by atomic mass is 32.2. The van der Waals surface area contributed by atoms with E-state index >= 15 is 0 Å². The molecule has 10 atom stereocenters. The van der Waals surface area contributed by atoms with Gasteiger partial charge in [-0.05, 0) is 123 Å². The summed E-state index contributed by atoms with van der Waals surface area (Å²) in [6.07, 6.45) is 8.46. The molecular weight excluding hydrogens is 821 g/mol. The molecule has 344 valence electrons. The molecule has 4 aliphatic heterocycles. The topological polar surface area (TPSA) is 80.3 Å². The van der Waals surface area contributed by atoms with Gasteiger partial charge < -0.3 is 23.4 Å². The van der Waals surface area contributed by atoms with Crippen molar-refractivity contribution in [1.29, 1.82) is 0 Å². The average molecular weight is 897 g/mol. The van der Waals surface area contributed by atoms with Gasteiger partial charge in [-0.25, -0.2) is 8.42 Å². The number of hydrogen-bond acceptors (Lipinski definition) is 7. The standard InChI is InChI=1S/C54H76O7SSi/c1-37-23-26-45(27-24-37)62(55,56)36-48-41(5)50(34-44-29-30-54(9,10)61-44)60-52(48)35-51-40(4)38(2)32-43(59-51)25-28-49-39(3)33-42(58-49)18-17-31-57-63(53(6,7)8,46-19-13-11-14-20-46)47-21-15-12-16-22-47/h11-16,19-24,26-27,38,41-44,48-52H,3-4,17-18,25,28-36H2,1-2,5-10H3/t38-,41-,42+,43+,44-,48-,49?,50?,51?,52+/m1/s1. The Hall–Kier alpha value is -2.89. The largest absolute Gasteiger partial charge is 0.407 e. The van der Waals surface area contributed by atoms with Crippen molar-refractivity contribution in [3.8, 4) is 0 Å². The molecule has 4 saturated heterocycles. The number of hydrogen-bond donors (Lipinski definition) is 0. The van der Waals surface area contributed by atoms with Crippen molar-refractivity contribution in [1.82, 2.24) is 0 Å². The zero-order valence-electron chi connectivity index (χ0n) is 39.5. The Balaban J connectivity index is 0.955. The van der Waals surface area contributed by atoms with E-state index in [-0.39, 0.29) is 76.9 Å². The molecule has 7 rings (SSSR count). The third kappa shape index (κ3) is 11.2. The van der Waals surface area contributed by atoms with E-state index in [4.69, 9.17) is 23.4 Å². The number of benzene rings is 3. The van der Waals surface area contributed by atoms with E-state index in [9.17, 15) is 8.42 Å².